The lowest BCUT2D eigenvalue weighted by Crippen LogP contribution is -2.34. The van der Waals surface area contributed by atoms with E-state index in [4.69, 9.17) is 33.0 Å². The quantitative estimate of drug-likeness (QED) is 0.927. The maximum Gasteiger partial charge on any atom is 0.138 e. The van der Waals surface area contributed by atoms with Crippen molar-refractivity contribution in [3.05, 3.63) is 27.7 Å². The van der Waals surface area contributed by atoms with Crippen LogP contribution in [-0.4, -0.2) is 36.8 Å². The number of hydrogen-bond acceptors (Lipinski definition) is 3. The number of aliphatic hydroxyl groups excluding tert-OH is 1. The van der Waals surface area contributed by atoms with Crippen LogP contribution in [0.2, 0.25) is 10.0 Å². The maximum atomic E-state index is 9.13. The molecule has 0 bridgehead atoms. The number of rotatable bonds is 4. The van der Waals surface area contributed by atoms with Crippen molar-refractivity contribution < 1.29 is 9.84 Å². The molecule has 0 spiro atoms. The molecule has 0 atom stereocenters. The molecule has 0 saturated carbocycles. The SMILES string of the molecule is COc1cc(Cl)c(CN2CCC(CO)CC2)cc1Cl. The normalized spacial score (nSPS) is 17.7. The Kier molecular flexibility index (Phi) is 5.34. The molecule has 5 heteroatoms. The topological polar surface area (TPSA) is 32.7 Å². The first-order chi connectivity index (χ1) is 9.13. The number of halogens is 2. The average molecular weight is 304 g/mol. The Morgan fingerprint density at radius 2 is 1.95 bits per heavy atom. The van der Waals surface area contributed by atoms with Crippen molar-refractivity contribution in [2.24, 2.45) is 5.92 Å². The van der Waals surface area contributed by atoms with Crippen molar-refractivity contribution in [2.75, 3.05) is 26.8 Å². The zero-order valence-corrected chi connectivity index (χ0v) is 12.5. The molecular formula is C14H19Cl2NO2. The molecular weight excluding hydrogens is 285 g/mol. The molecule has 106 valence electrons. The zero-order valence-electron chi connectivity index (χ0n) is 11.0. The Morgan fingerprint density at radius 1 is 1.26 bits per heavy atom. The predicted octanol–water partition coefficient (Wildman–Crippen LogP) is 3.21. The number of methoxy groups -OCH3 is 1. The molecule has 1 aromatic carbocycles. The van der Waals surface area contributed by atoms with E-state index in [-0.39, 0.29) is 0 Å². The lowest BCUT2D eigenvalue weighted by Gasteiger charge is -2.31. The van der Waals surface area contributed by atoms with Crippen LogP contribution in [-0.2, 0) is 6.54 Å². The van der Waals surface area contributed by atoms with Crippen LogP contribution in [0.4, 0.5) is 0 Å². The summed E-state index contributed by atoms with van der Waals surface area (Å²) in [5, 5.41) is 10.4. The van der Waals surface area contributed by atoms with Gasteiger partial charge in [0.1, 0.15) is 5.75 Å². The van der Waals surface area contributed by atoms with Gasteiger partial charge in [0.05, 0.1) is 12.1 Å². The van der Waals surface area contributed by atoms with E-state index in [0.29, 0.717) is 28.3 Å². The monoisotopic (exact) mass is 303 g/mol. The molecule has 0 radical (unpaired) electrons. The lowest BCUT2D eigenvalue weighted by molar-refractivity contribution is 0.127. The molecule has 0 aliphatic carbocycles. The van der Waals surface area contributed by atoms with Crippen molar-refractivity contribution in [2.45, 2.75) is 19.4 Å². The third kappa shape index (κ3) is 3.76. The Labute approximate surface area is 124 Å². The molecule has 1 aliphatic rings. The van der Waals surface area contributed by atoms with Gasteiger partial charge in [0, 0.05) is 24.2 Å². The highest BCUT2D eigenvalue weighted by atomic mass is 35.5. The molecule has 1 fully saturated rings. The molecule has 2 rings (SSSR count). The first-order valence-electron chi connectivity index (χ1n) is 6.49. The Bertz CT molecular complexity index is 432. The van der Waals surface area contributed by atoms with Gasteiger partial charge in [-0.15, -0.1) is 0 Å². The summed E-state index contributed by atoms with van der Waals surface area (Å²) in [4.78, 5) is 2.34. The summed E-state index contributed by atoms with van der Waals surface area (Å²) in [5.74, 6) is 1.06. The van der Waals surface area contributed by atoms with Gasteiger partial charge in [-0.1, -0.05) is 23.2 Å². The second-order valence-electron chi connectivity index (χ2n) is 4.98. The van der Waals surface area contributed by atoms with Gasteiger partial charge in [-0.25, -0.2) is 0 Å². The summed E-state index contributed by atoms with van der Waals surface area (Å²) in [5.41, 5.74) is 1.02. The fourth-order valence-electron chi connectivity index (χ4n) is 2.42. The summed E-state index contributed by atoms with van der Waals surface area (Å²) < 4.78 is 5.14. The molecule has 1 aliphatic heterocycles. The van der Waals surface area contributed by atoms with Gasteiger partial charge >= 0.3 is 0 Å². The molecule has 0 aromatic heterocycles. The Balaban J connectivity index is 2.02. The van der Waals surface area contributed by atoms with Crippen LogP contribution in [0, 0.1) is 5.92 Å². The van der Waals surface area contributed by atoms with Crippen LogP contribution in [0.1, 0.15) is 18.4 Å². The molecule has 1 heterocycles. The number of benzene rings is 1. The molecule has 1 aromatic rings. The van der Waals surface area contributed by atoms with E-state index in [0.717, 1.165) is 38.0 Å². The van der Waals surface area contributed by atoms with Gasteiger partial charge in [0.2, 0.25) is 0 Å². The summed E-state index contributed by atoms with van der Waals surface area (Å²) in [6.45, 7) is 3.07. The van der Waals surface area contributed by atoms with Crippen LogP contribution in [0.5, 0.6) is 5.75 Å². The summed E-state index contributed by atoms with van der Waals surface area (Å²) in [6, 6.07) is 3.64. The van der Waals surface area contributed by atoms with Crippen molar-refractivity contribution >= 4 is 23.2 Å². The molecule has 3 nitrogen and oxygen atoms in total. The highest BCUT2D eigenvalue weighted by Crippen LogP contribution is 2.32. The van der Waals surface area contributed by atoms with Gasteiger partial charge in [0.25, 0.3) is 0 Å². The number of likely N-dealkylation sites (tertiary alicyclic amines) is 1. The number of ether oxygens (including phenoxy) is 1. The van der Waals surface area contributed by atoms with E-state index in [2.05, 4.69) is 4.90 Å². The zero-order chi connectivity index (χ0) is 13.8. The first kappa shape index (κ1) is 14.9. The Morgan fingerprint density at radius 3 is 2.53 bits per heavy atom. The predicted molar refractivity (Wildman–Crippen MR) is 78.1 cm³/mol. The second kappa shape index (κ2) is 6.80. The number of piperidine rings is 1. The van der Waals surface area contributed by atoms with Crippen LogP contribution < -0.4 is 4.74 Å². The average Bonchev–Trinajstić information content (AvgIpc) is 2.43. The largest absolute Gasteiger partial charge is 0.495 e. The fraction of sp³-hybridized carbons (Fsp3) is 0.571. The summed E-state index contributed by atoms with van der Waals surface area (Å²) in [7, 11) is 1.58. The fourth-order valence-corrected chi connectivity index (χ4v) is 2.89. The van der Waals surface area contributed by atoms with Crippen LogP contribution in [0.3, 0.4) is 0 Å². The van der Waals surface area contributed by atoms with Crippen molar-refractivity contribution in [1.82, 2.24) is 4.90 Å². The van der Waals surface area contributed by atoms with E-state index in [1.807, 2.05) is 6.07 Å². The van der Waals surface area contributed by atoms with Gasteiger partial charge in [-0.05, 0) is 43.5 Å². The summed E-state index contributed by atoms with van der Waals surface area (Å²) in [6.07, 6.45) is 2.08. The number of aliphatic hydroxyl groups is 1. The highest BCUT2D eigenvalue weighted by Gasteiger charge is 2.19. The second-order valence-corrected chi connectivity index (χ2v) is 5.79. The van der Waals surface area contributed by atoms with Crippen molar-refractivity contribution in [3.63, 3.8) is 0 Å². The smallest absolute Gasteiger partial charge is 0.138 e. The minimum Gasteiger partial charge on any atom is -0.495 e. The van der Waals surface area contributed by atoms with Crippen LogP contribution in [0.15, 0.2) is 12.1 Å². The van der Waals surface area contributed by atoms with E-state index < -0.39 is 0 Å². The van der Waals surface area contributed by atoms with E-state index in [9.17, 15) is 0 Å². The van der Waals surface area contributed by atoms with E-state index in [1.54, 1.807) is 13.2 Å². The minimum atomic E-state index is 0.295. The van der Waals surface area contributed by atoms with Gasteiger partial charge in [0.15, 0.2) is 0 Å². The Hall–Kier alpha value is -0.480. The minimum absolute atomic E-state index is 0.295. The third-order valence-electron chi connectivity index (χ3n) is 3.68. The summed E-state index contributed by atoms with van der Waals surface area (Å²) >= 11 is 12.4. The first-order valence-corrected chi connectivity index (χ1v) is 7.24. The van der Waals surface area contributed by atoms with Crippen LogP contribution >= 0.6 is 23.2 Å². The van der Waals surface area contributed by atoms with E-state index in [1.165, 1.54) is 0 Å². The van der Waals surface area contributed by atoms with Crippen LogP contribution in [0.25, 0.3) is 0 Å². The number of nitrogens with zero attached hydrogens (tertiary/aromatic N) is 1. The van der Waals surface area contributed by atoms with Crippen molar-refractivity contribution in [1.29, 1.82) is 0 Å². The van der Waals surface area contributed by atoms with E-state index >= 15 is 0 Å². The maximum absolute atomic E-state index is 9.13. The molecule has 0 amide bonds. The van der Waals surface area contributed by atoms with Crippen molar-refractivity contribution in [3.8, 4) is 5.75 Å². The van der Waals surface area contributed by atoms with Gasteiger partial charge < -0.3 is 9.84 Å². The standard InChI is InChI=1S/C14H19Cl2NO2/c1-19-14-7-12(15)11(6-13(14)16)8-17-4-2-10(9-18)3-5-17/h6-7,10,18H,2-5,8-9H2,1H3. The number of hydrogen-bond donors (Lipinski definition) is 1. The van der Waals surface area contributed by atoms with Gasteiger partial charge in [-0.2, -0.15) is 0 Å². The lowest BCUT2D eigenvalue weighted by atomic mass is 9.97. The molecule has 0 unspecified atom stereocenters. The molecule has 1 N–H and O–H groups in total. The highest BCUT2D eigenvalue weighted by molar-refractivity contribution is 6.34. The molecule has 19 heavy (non-hydrogen) atoms. The van der Waals surface area contributed by atoms with Gasteiger partial charge in [-0.3, -0.25) is 4.90 Å². The third-order valence-corrected chi connectivity index (χ3v) is 4.33. The molecule has 1 saturated heterocycles.